The molecule has 0 aliphatic heterocycles. The SMILES string of the molecule is CCOC(=O)c1cc2c(=O)n3ccccc3nc2n(CCOC)c1=NC(=O)c1cccc(OC)c1OC. The molecule has 0 fully saturated rings. The van der Waals surface area contributed by atoms with Gasteiger partial charge in [-0.1, -0.05) is 12.1 Å². The second kappa shape index (κ2) is 11.0. The second-order valence-corrected chi connectivity index (χ2v) is 7.79. The highest BCUT2D eigenvalue weighted by Gasteiger charge is 2.22. The van der Waals surface area contributed by atoms with Crippen LogP contribution in [0.2, 0.25) is 0 Å². The maximum absolute atomic E-state index is 13.5. The predicted molar refractivity (Wildman–Crippen MR) is 134 cm³/mol. The molecule has 4 rings (SSSR count). The molecule has 0 bridgehead atoms. The molecule has 0 aliphatic rings. The van der Waals surface area contributed by atoms with Crippen LogP contribution >= 0.6 is 0 Å². The number of aromatic nitrogens is 3. The van der Waals surface area contributed by atoms with Gasteiger partial charge in [-0.3, -0.25) is 14.0 Å². The minimum atomic E-state index is -0.739. The molecule has 0 atom stereocenters. The van der Waals surface area contributed by atoms with E-state index in [1.807, 2.05) is 0 Å². The zero-order valence-electron chi connectivity index (χ0n) is 20.9. The first-order chi connectivity index (χ1) is 17.9. The number of benzene rings is 1. The summed E-state index contributed by atoms with van der Waals surface area (Å²) in [7, 11) is 4.38. The number of amides is 1. The minimum absolute atomic E-state index is 0.0231. The summed E-state index contributed by atoms with van der Waals surface area (Å²) in [6.45, 7) is 2.09. The number of hydrogen-bond donors (Lipinski definition) is 0. The maximum Gasteiger partial charge on any atom is 0.341 e. The van der Waals surface area contributed by atoms with Gasteiger partial charge in [0.1, 0.15) is 16.9 Å². The molecule has 0 saturated heterocycles. The molecule has 0 aliphatic carbocycles. The van der Waals surface area contributed by atoms with E-state index in [0.717, 1.165) is 0 Å². The lowest BCUT2D eigenvalue weighted by Crippen LogP contribution is -2.33. The summed E-state index contributed by atoms with van der Waals surface area (Å²) in [5, 5.41) is 0.160. The molecule has 1 aromatic carbocycles. The van der Waals surface area contributed by atoms with Gasteiger partial charge in [-0.25, -0.2) is 9.78 Å². The third-order valence-corrected chi connectivity index (χ3v) is 5.65. The molecule has 11 nitrogen and oxygen atoms in total. The van der Waals surface area contributed by atoms with Crippen LogP contribution in [0.1, 0.15) is 27.6 Å². The largest absolute Gasteiger partial charge is 0.493 e. The van der Waals surface area contributed by atoms with E-state index in [4.69, 9.17) is 18.9 Å². The number of esters is 1. The lowest BCUT2D eigenvalue weighted by Gasteiger charge is -2.15. The number of fused-ring (bicyclic) bond motifs is 2. The fraction of sp³-hybridized carbons (Fsp3) is 0.269. The number of carbonyl (C=O) groups excluding carboxylic acids is 2. The molecule has 0 N–H and O–H groups in total. The van der Waals surface area contributed by atoms with Crippen LogP contribution in [0, 0.1) is 0 Å². The fourth-order valence-electron chi connectivity index (χ4n) is 3.96. The Morgan fingerprint density at radius 3 is 2.54 bits per heavy atom. The zero-order valence-corrected chi connectivity index (χ0v) is 20.9. The molecule has 0 radical (unpaired) electrons. The topological polar surface area (TPSA) is 123 Å². The van der Waals surface area contributed by atoms with E-state index in [1.54, 1.807) is 43.5 Å². The molecule has 0 saturated carbocycles. The Morgan fingerprint density at radius 2 is 1.84 bits per heavy atom. The van der Waals surface area contributed by atoms with Crippen LogP contribution in [0.5, 0.6) is 11.5 Å². The molecule has 11 heteroatoms. The molecule has 3 aromatic heterocycles. The van der Waals surface area contributed by atoms with Gasteiger partial charge < -0.3 is 23.5 Å². The van der Waals surface area contributed by atoms with Crippen molar-refractivity contribution < 1.29 is 28.5 Å². The lowest BCUT2D eigenvalue weighted by molar-refractivity contribution is 0.0523. The smallest absolute Gasteiger partial charge is 0.341 e. The van der Waals surface area contributed by atoms with Crippen LogP contribution < -0.4 is 20.5 Å². The number of para-hydroxylation sites is 1. The van der Waals surface area contributed by atoms with Crippen LogP contribution in [-0.4, -0.2) is 60.4 Å². The summed E-state index contributed by atoms with van der Waals surface area (Å²) in [6, 6.07) is 11.3. The molecule has 1 amide bonds. The first kappa shape index (κ1) is 25.6. The van der Waals surface area contributed by atoms with E-state index in [-0.39, 0.29) is 58.7 Å². The van der Waals surface area contributed by atoms with Crippen molar-refractivity contribution in [2.45, 2.75) is 13.5 Å². The van der Waals surface area contributed by atoms with E-state index < -0.39 is 11.9 Å². The van der Waals surface area contributed by atoms with Crippen molar-refractivity contribution in [3.63, 3.8) is 0 Å². The van der Waals surface area contributed by atoms with Gasteiger partial charge in [-0.15, -0.1) is 0 Å². The van der Waals surface area contributed by atoms with Crippen molar-refractivity contribution in [1.82, 2.24) is 14.0 Å². The Kier molecular flexibility index (Phi) is 7.63. The number of methoxy groups -OCH3 is 3. The van der Waals surface area contributed by atoms with Crippen LogP contribution in [0.25, 0.3) is 16.7 Å². The van der Waals surface area contributed by atoms with E-state index in [9.17, 15) is 14.4 Å². The summed E-state index contributed by atoms with van der Waals surface area (Å²) in [4.78, 5) is 48.8. The monoisotopic (exact) mass is 506 g/mol. The third-order valence-electron chi connectivity index (χ3n) is 5.65. The average molecular weight is 507 g/mol. The molecular formula is C26H26N4O7. The van der Waals surface area contributed by atoms with Crippen molar-refractivity contribution in [3.8, 4) is 11.5 Å². The highest BCUT2D eigenvalue weighted by atomic mass is 16.5. The zero-order chi connectivity index (χ0) is 26.5. The van der Waals surface area contributed by atoms with Gasteiger partial charge in [0.15, 0.2) is 17.0 Å². The number of ether oxygens (including phenoxy) is 4. The minimum Gasteiger partial charge on any atom is -0.493 e. The van der Waals surface area contributed by atoms with Crippen molar-refractivity contribution in [2.75, 3.05) is 34.5 Å². The molecule has 37 heavy (non-hydrogen) atoms. The summed E-state index contributed by atoms with van der Waals surface area (Å²) in [5.74, 6) is -0.884. The van der Waals surface area contributed by atoms with E-state index in [2.05, 4.69) is 9.98 Å². The van der Waals surface area contributed by atoms with E-state index >= 15 is 0 Å². The number of pyridine rings is 2. The summed E-state index contributed by atoms with van der Waals surface area (Å²) >= 11 is 0. The summed E-state index contributed by atoms with van der Waals surface area (Å²) in [5.41, 5.74) is 0.291. The number of rotatable bonds is 8. The van der Waals surface area contributed by atoms with Gasteiger partial charge in [0.05, 0.1) is 38.4 Å². The fourth-order valence-corrected chi connectivity index (χ4v) is 3.96. The Bertz CT molecular complexity index is 1620. The van der Waals surface area contributed by atoms with Gasteiger partial charge in [0.2, 0.25) is 0 Å². The molecule has 0 unspecified atom stereocenters. The van der Waals surface area contributed by atoms with Gasteiger partial charge >= 0.3 is 5.97 Å². The number of hydrogen-bond acceptors (Lipinski definition) is 8. The predicted octanol–water partition coefficient (Wildman–Crippen LogP) is 2.23. The van der Waals surface area contributed by atoms with Crippen molar-refractivity contribution in [2.24, 2.45) is 4.99 Å². The normalized spacial score (nSPS) is 11.6. The Balaban J connectivity index is 2.11. The number of carbonyl (C=O) groups is 2. The molecule has 3 heterocycles. The highest BCUT2D eigenvalue weighted by Crippen LogP contribution is 2.31. The lowest BCUT2D eigenvalue weighted by atomic mass is 10.1. The molecule has 0 spiro atoms. The van der Waals surface area contributed by atoms with Crippen molar-refractivity contribution in [3.05, 3.63) is 75.6 Å². The van der Waals surface area contributed by atoms with Crippen LogP contribution in [-0.2, 0) is 16.0 Å². The average Bonchev–Trinajstić information content (AvgIpc) is 2.91. The first-order valence-corrected chi connectivity index (χ1v) is 11.5. The highest BCUT2D eigenvalue weighted by molar-refractivity contribution is 5.99. The molecular weight excluding hydrogens is 480 g/mol. The van der Waals surface area contributed by atoms with E-state index in [1.165, 1.54) is 42.4 Å². The molecule has 4 aromatic rings. The Morgan fingerprint density at radius 1 is 1.03 bits per heavy atom. The van der Waals surface area contributed by atoms with E-state index in [0.29, 0.717) is 11.4 Å². The maximum atomic E-state index is 13.5. The molecule has 192 valence electrons. The quantitative estimate of drug-likeness (QED) is 0.263. The van der Waals surface area contributed by atoms with Gasteiger partial charge in [-0.2, -0.15) is 4.99 Å². The van der Waals surface area contributed by atoms with Crippen LogP contribution in [0.4, 0.5) is 0 Å². The first-order valence-electron chi connectivity index (χ1n) is 11.5. The van der Waals surface area contributed by atoms with Crippen molar-refractivity contribution in [1.29, 1.82) is 0 Å². The summed E-state index contributed by atoms with van der Waals surface area (Å²) < 4.78 is 24.1. The van der Waals surface area contributed by atoms with Gasteiger partial charge in [0, 0.05) is 19.9 Å². The Hall–Kier alpha value is -4.51. The Labute approximate surface area is 211 Å². The summed E-state index contributed by atoms with van der Waals surface area (Å²) in [6.07, 6.45) is 1.59. The second-order valence-electron chi connectivity index (χ2n) is 7.79. The van der Waals surface area contributed by atoms with Crippen molar-refractivity contribution >= 4 is 28.6 Å². The van der Waals surface area contributed by atoms with Gasteiger partial charge in [-0.05, 0) is 37.3 Å². The standard InChI is InChI=1S/C26H26N4O7/c1-5-37-26(33)18-15-17-22(27-20-11-6-7-12-29(20)25(17)32)30(13-14-34-2)23(18)28-24(31)16-9-8-10-19(35-3)21(16)36-4/h6-12,15H,5,13-14H2,1-4H3. The van der Waals surface area contributed by atoms with Crippen LogP contribution in [0.15, 0.2) is 58.4 Å². The third kappa shape index (κ3) is 4.81. The van der Waals surface area contributed by atoms with Gasteiger partial charge in [0.25, 0.3) is 11.5 Å². The van der Waals surface area contributed by atoms with Crippen LogP contribution in [0.3, 0.4) is 0 Å². The number of nitrogens with zero attached hydrogens (tertiary/aromatic N) is 4.